The van der Waals surface area contributed by atoms with Gasteiger partial charge in [0.15, 0.2) is 0 Å². The predicted molar refractivity (Wildman–Crippen MR) is 92.5 cm³/mol. The molecule has 0 aliphatic carbocycles. The Morgan fingerprint density at radius 3 is 2.58 bits per heavy atom. The molecule has 0 spiro atoms. The fraction of sp³-hybridized carbons (Fsp3) is 0.333. The number of methoxy groups -OCH3 is 2. The summed E-state index contributed by atoms with van der Waals surface area (Å²) in [5, 5.41) is 2.95. The molecule has 0 aliphatic rings. The van der Waals surface area contributed by atoms with Crippen molar-refractivity contribution >= 4 is 5.91 Å². The summed E-state index contributed by atoms with van der Waals surface area (Å²) in [6, 6.07) is 11.2. The number of carbonyl (C=O) groups is 1. The second kappa shape index (κ2) is 8.31. The van der Waals surface area contributed by atoms with Crippen molar-refractivity contribution in [1.82, 2.24) is 15.2 Å². The largest absolute Gasteiger partial charge is 0.496 e. The lowest BCUT2D eigenvalue weighted by molar-refractivity contribution is 0.0937. The minimum absolute atomic E-state index is 0.0206. The number of likely N-dealkylation sites (N-methyl/N-ethyl adjacent to an activating group) is 1. The molecule has 0 bridgehead atoms. The second-order valence-electron chi connectivity index (χ2n) is 5.49. The van der Waals surface area contributed by atoms with Crippen molar-refractivity contribution in [2.75, 3.05) is 34.9 Å². The molecular weight excluding hydrogens is 306 g/mol. The maximum absolute atomic E-state index is 12.5. The van der Waals surface area contributed by atoms with E-state index >= 15 is 0 Å². The zero-order valence-corrected chi connectivity index (χ0v) is 14.4. The molecule has 1 unspecified atom stereocenters. The van der Waals surface area contributed by atoms with E-state index in [1.807, 2.05) is 43.3 Å². The average Bonchev–Trinajstić information content (AvgIpc) is 2.61. The van der Waals surface area contributed by atoms with Crippen LogP contribution in [0.3, 0.4) is 0 Å². The van der Waals surface area contributed by atoms with Gasteiger partial charge in [-0.3, -0.25) is 4.79 Å². The number of rotatable bonds is 7. The highest BCUT2D eigenvalue weighted by molar-refractivity contribution is 5.96. The number of hydrogen-bond acceptors (Lipinski definition) is 5. The lowest BCUT2D eigenvalue weighted by Crippen LogP contribution is -2.35. The van der Waals surface area contributed by atoms with Crippen LogP contribution in [0.4, 0.5) is 0 Å². The summed E-state index contributed by atoms with van der Waals surface area (Å²) in [5.74, 6) is 0.889. The number of nitrogens with one attached hydrogen (secondary N) is 1. The van der Waals surface area contributed by atoms with Gasteiger partial charge in [-0.15, -0.1) is 0 Å². The molecule has 0 saturated heterocycles. The molecule has 1 N–H and O–H groups in total. The lowest BCUT2D eigenvalue weighted by Gasteiger charge is -2.26. The Labute approximate surface area is 142 Å². The first-order chi connectivity index (χ1) is 11.6. The Hall–Kier alpha value is -2.60. The molecule has 128 valence electrons. The topological polar surface area (TPSA) is 63.7 Å². The standard InChI is InChI=1S/C18H23N3O3/c1-21(2)15(13-8-5-6-10-16(13)23-3)12-20-17(22)14-9-7-11-19-18(14)24-4/h5-11,15H,12H2,1-4H3,(H,20,22). The first kappa shape index (κ1) is 17.7. The summed E-state index contributed by atoms with van der Waals surface area (Å²) in [4.78, 5) is 18.5. The van der Waals surface area contributed by atoms with Crippen molar-refractivity contribution in [2.45, 2.75) is 6.04 Å². The van der Waals surface area contributed by atoms with Crippen molar-refractivity contribution < 1.29 is 14.3 Å². The van der Waals surface area contributed by atoms with Gasteiger partial charge in [0.1, 0.15) is 11.3 Å². The minimum Gasteiger partial charge on any atom is -0.496 e. The van der Waals surface area contributed by atoms with Crippen LogP contribution in [-0.4, -0.2) is 50.7 Å². The molecule has 6 heteroatoms. The molecule has 0 radical (unpaired) electrons. The molecule has 1 aromatic heterocycles. The van der Waals surface area contributed by atoms with Crippen LogP contribution in [0.2, 0.25) is 0 Å². The Kier molecular flexibility index (Phi) is 6.14. The van der Waals surface area contributed by atoms with Crippen LogP contribution in [0.1, 0.15) is 22.0 Å². The van der Waals surface area contributed by atoms with Crippen LogP contribution in [0, 0.1) is 0 Å². The SMILES string of the molecule is COc1ccccc1C(CNC(=O)c1cccnc1OC)N(C)C. The molecule has 2 rings (SSSR count). The van der Waals surface area contributed by atoms with Crippen LogP contribution in [0.25, 0.3) is 0 Å². The number of pyridine rings is 1. The van der Waals surface area contributed by atoms with Gasteiger partial charge in [-0.25, -0.2) is 4.98 Å². The molecule has 6 nitrogen and oxygen atoms in total. The monoisotopic (exact) mass is 329 g/mol. The number of nitrogens with zero attached hydrogens (tertiary/aromatic N) is 2. The van der Waals surface area contributed by atoms with Gasteiger partial charge in [0.2, 0.25) is 5.88 Å². The number of carbonyl (C=O) groups excluding carboxylic acids is 1. The van der Waals surface area contributed by atoms with Gasteiger partial charge in [0.05, 0.1) is 20.3 Å². The van der Waals surface area contributed by atoms with E-state index in [-0.39, 0.29) is 11.9 Å². The average molecular weight is 329 g/mol. The summed E-state index contributed by atoms with van der Waals surface area (Å²) in [5.41, 5.74) is 1.43. The highest BCUT2D eigenvalue weighted by Gasteiger charge is 2.20. The van der Waals surface area contributed by atoms with E-state index in [2.05, 4.69) is 10.3 Å². The van der Waals surface area contributed by atoms with Gasteiger partial charge in [0, 0.05) is 18.3 Å². The van der Waals surface area contributed by atoms with E-state index in [0.717, 1.165) is 11.3 Å². The highest BCUT2D eigenvalue weighted by Crippen LogP contribution is 2.27. The molecule has 1 aromatic carbocycles. The fourth-order valence-electron chi connectivity index (χ4n) is 2.52. The Morgan fingerprint density at radius 2 is 1.92 bits per heavy atom. The number of amides is 1. The molecule has 0 saturated carbocycles. The van der Waals surface area contributed by atoms with Gasteiger partial charge in [-0.1, -0.05) is 18.2 Å². The Balaban J connectivity index is 2.16. The summed E-state index contributed by atoms with van der Waals surface area (Å²) in [6.07, 6.45) is 1.59. The zero-order valence-electron chi connectivity index (χ0n) is 14.4. The molecular formula is C18H23N3O3. The Morgan fingerprint density at radius 1 is 1.17 bits per heavy atom. The third-order valence-electron chi connectivity index (χ3n) is 3.79. The lowest BCUT2D eigenvalue weighted by atomic mass is 10.0. The number of benzene rings is 1. The van der Waals surface area contributed by atoms with Crippen LogP contribution < -0.4 is 14.8 Å². The number of hydrogen-bond donors (Lipinski definition) is 1. The summed E-state index contributed by atoms with van der Waals surface area (Å²) < 4.78 is 10.6. The molecule has 0 fully saturated rings. The van der Waals surface area contributed by atoms with Crippen LogP contribution in [0.5, 0.6) is 11.6 Å². The maximum atomic E-state index is 12.5. The van der Waals surface area contributed by atoms with E-state index in [9.17, 15) is 4.79 Å². The van der Waals surface area contributed by atoms with E-state index < -0.39 is 0 Å². The predicted octanol–water partition coefficient (Wildman–Crippen LogP) is 2.13. The summed E-state index contributed by atoms with van der Waals surface area (Å²) in [7, 11) is 7.07. The van der Waals surface area contributed by atoms with Gasteiger partial charge < -0.3 is 19.7 Å². The second-order valence-corrected chi connectivity index (χ2v) is 5.49. The molecule has 1 atom stereocenters. The van der Waals surface area contributed by atoms with E-state index in [4.69, 9.17) is 9.47 Å². The van der Waals surface area contributed by atoms with Crippen molar-refractivity contribution in [2.24, 2.45) is 0 Å². The van der Waals surface area contributed by atoms with E-state index in [1.165, 1.54) is 7.11 Å². The van der Waals surface area contributed by atoms with Gasteiger partial charge in [0.25, 0.3) is 5.91 Å². The Bertz CT molecular complexity index is 689. The van der Waals surface area contributed by atoms with Crippen molar-refractivity contribution in [3.63, 3.8) is 0 Å². The minimum atomic E-state index is -0.221. The molecule has 24 heavy (non-hydrogen) atoms. The number of aromatic nitrogens is 1. The number of para-hydroxylation sites is 1. The van der Waals surface area contributed by atoms with E-state index in [0.29, 0.717) is 18.0 Å². The van der Waals surface area contributed by atoms with Crippen molar-refractivity contribution in [1.29, 1.82) is 0 Å². The van der Waals surface area contributed by atoms with Crippen LogP contribution in [0.15, 0.2) is 42.6 Å². The van der Waals surface area contributed by atoms with Gasteiger partial charge >= 0.3 is 0 Å². The van der Waals surface area contributed by atoms with Crippen LogP contribution in [-0.2, 0) is 0 Å². The molecule has 1 heterocycles. The molecule has 0 aliphatic heterocycles. The molecule has 2 aromatic rings. The maximum Gasteiger partial charge on any atom is 0.256 e. The normalized spacial score (nSPS) is 11.9. The smallest absolute Gasteiger partial charge is 0.256 e. The highest BCUT2D eigenvalue weighted by atomic mass is 16.5. The van der Waals surface area contributed by atoms with E-state index in [1.54, 1.807) is 25.4 Å². The zero-order chi connectivity index (χ0) is 17.5. The first-order valence-corrected chi connectivity index (χ1v) is 7.65. The van der Waals surface area contributed by atoms with Gasteiger partial charge in [-0.05, 0) is 32.3 Å². The summed E-state index contributed by atoms with van der Waals surface area (Å²) in [6.45, 7) is 0.435. The third-order valence-corrected chi connectivity index (χ3v) is 3.79. The fourth-order valence-corrected chi connectivity index (χ4v) is 2.52. The van der Waals surface area contributed by atoms with Crippen LogP contribution >= 0.6 is 0 Å². The quantitative estimate of drug-likeness (QED) is 0.843. The summed E-state index contributed by atoms with van der Waals surface area (Å²) >= 11 is 0. The number of ether oxygens (including phenoxy) is 2. The third kappa shape index (κ3) is 4.02. The van der Waals surface area contributed by atoms with Gasteiger partial charge in [-0.2, -0.15) is 0 Å². The van der Waals surface area contributed by atoms with Crippen molar-refractivity contribution in [3.8, 4) is 11.6 Å². The van der Waals surface area contributed by atoms with Crippen molar-refractivity contribution in [3.05, 3.63) is 53.7 Å². The molecule has 1 amide bonds. The first-order valence-electron chi connectivity index (χ1n) is 7.65.